The zero-order chi connectivity index (χ0) is 24.0. The van der Waals surface area contributed by atoms with Crippen molar-refractivity contribution in [3.05, 3.63) is 52.9 Å². The number of thioether (sulfide) groups is 1. The molecule has 3 N–H and O–H groups in total. The van der Waals surface area contributed by atoms with Crippen LogP contribution in [0.25, 0.3) is 6.08 Å². The van der Waals surface area contributed by atoms with Crippen LogP contribution in [0.3, 0.4) is 0 Å². The van der Waals surface area contributed by atoms with Gasteiger partial charge in [-0.3, -0.25) is 24.1 Å². The maximum absolute atomic E-state index is 12.7. The molecule has 1 fully saturated rings. The first-order chi connectivity index (χ1) is 15.8. The predicted octanol–water partition coefficient (Wildman–Crippen LogP) is 2.24. The molecule has 0 unspecified atom stereocenters. The number of nitrogens with zero attached hydrogens (tertiary/aromatic N) is 1. The number of carbonyl (C=O) groups is 4. The summed E-state index contributed by atoms with van der Waals surface area (Å²) in [5.41, 5.74) is 6.15. The van der Waals surface area contributed by atoms with Gasteiger partial charge in [-0.25, -0.2) is 0 Å². The van der Waals surface area contributed by atoms with E-state index in [0.717, 1.165) is 16.7 Å². The van der Waals surface area contributed by atoms with Gasteiger partial charge in [0.05, 0.1) is 19.1 Å². The summed E-state index contributed by atoms with van der Waals surface area (Å²) in [4.78, 5) is 49.3. The fourth-order valence-corrected chi connectivity index (χ4v) is 3.69. The van der Waals surface area contributed by atoms with Crippen LogP contribution in [-0.2, 0) is 14.4 Å². The molecule has 0 radical (unpaired) electrons. The standard InChI is InChI=1S/C22H21N3O7S/c1-30-15-6-4-14(5-7-15)24-20(27)11-25-21(28)18(33-22(25)29)10-13-3-8-16(17(9-13)31-2)32-12-19(23)26/h3-10H,11-12H2,1-2H3,(H2,23,26)(H,24,27)/b18-10+. The molecule has 11 heteroatoms. The minimum atomic E-state index is -0.633. The molecule has 1 saturated heterocycles. The Morgan fingerprint density at radius 1 is 1.06 bits per heavy atom. The summed E-state index contributed by atoms with van der Waals surface area (Å²) in [6.07, 6.45) is 1.51. The Morgan fingerprint density at radius 2 is 1.79 bits per heavy atom. The highest BCUT2D eigenvalue weighted by Crippen LogP contribution is 2.34. The zero-order valence-corrected chi connectivity index (χ0v) is 18.6. The Morgan fingerprint density at radius 3 is 2.42 bits per heavy atom. The minimum absolute atomic E-state index is 0.158. The lowest BCUT2D eigenvalue weighted by Gasteiger charge is -2.12. The lowest BCUT2D eigenvalue weighted by Crippen LogP contribution is -2.36. The molecule has 2 aromatic carbocycles. The van der Waals surface area contributed by atoms with Crippen LogP contribution in [0.5, 0.6) is 17.2 Å². The highest BCUT2D eigenvalue weighted by molar-refractivity contribution is 8.18. The Balaban J connectivity index is 1.68. The molecule has 172 valence electrons. The Labute approximate surface area is 193 Å². The van der Waals surface area contributed by atoms with Crippen LogP contribution in [0.1, 0.15) is 5.56 Å². The second kappa shape index (κ2) is 10.6. The van der Waals surface area contributed by atoms with Gasteiger partial charge in [0.25, 0.3) is 17.1 Å². The summed E-state index contributed by atoms with van der Waals surface area (Å²) >= 11 is 0.730. The number of carbonyl (C=O) groups excluding carboxylic acids is 4. The van der Waals surface area contributed by atoms with Gasteiger partial charge in [-0.05, 0) is 59.8 Å². The van der Waals surface area contributed by atoms with Crippen LogP contribution in [0.15, 0.2) is 47.4 Å². The highest BCUT2D eigenvalue weighted by atomic mass is 32.2. The third-order valence-corrected chi connectivity index (χ3v) is 5.31. The molecule has 0 saturated carbocycles. The number of hydrogen-bond donors (Lipinski definition) is 2. The number of benzene rings is 2. The number of methoxy groups -OCH3 is 2. The molecule has 0 aromatic heterocycles. The van der Waals surface area contributed by atoms with Crippen molar-refractivity contribution in [3.63, 3.8) is 0 Å². The van der Waals surface area contributed by atoms with Gasteiger partial charge >= 0.3 is 0 Å². The van der Waals surface area contributed by atoms with Gasteiger partial charge in [0, 0.05) is 5.69 Å². The van der Waals surface area contributed by atoms with E-state index in [2.05, 4.69) is 5.32 Å². The van der Waals surface area contributed by atoms with Crippen LogP contribution >= 0.6 is 11.8 Å². The zero-order valence-electron chi connectivity index (χ0n) is 17.8. The van der Waals surface area contributed by atoms with Crippen molar-refractivity contribution in [1.82, 2.24) is 4.90 Å². The first-order valence-corrected chi connectivity index (χ1v) is 10.4. The summed E-state index contributed by atoms with van der Waals surface area (Å²) in [5.74, 6) is -0.469. The van der Waals surface area contributed by atoms with Gasteiger partial charge in [-0.15, -0.1) is 0 Å². The number of rotatable bonds is 9. The summed E-state index contributed by atoms with van der Waals surface area (Å²) in [6, 6.07) is 11.4. The van der Waals surface area contributed by atoms with E-state index in [0.29, 0.717) is 28.5 Å². The number of anilines is 1. The molecular formula is C22H21N3O7S. The number of hydrogen-bond acceptors (Lipinski definition) is 8. The predicted molar refractivity (Wildman–Crippen MR) is 122 cm³/mol. The van der Waals surface area contributed by atoms with E-state index in [1.54, 1.807) is 42.5 Å². The second-order valence-corrected chi connectivity index (χ2v) is 7.70. The van der Waals surface area contributed by atoms with E-state index in [1.165, 1.54) is 20.3 Å². The number of nitrogens with two attached hydrogens (primary N) is 1. The minimum Gasteiger partial charge on any atom is -0.497 e. The maximum atomic E-state index is 12.7. The van der Waals surface area contributed by atoms with Crippen LogP contribution < -0.4 is 25.3 Å². The van der Waals surface area contributed by atoms with Crippen molar-refractivity contribution in [3.8, 4) is 17.2 Å². The van der Waals surface area contributed by atoms with E-state index >= 15 is 0 Å². The lowest BCUT2D eigenvalue weighted by atomic mass is 10.2. The van der Waals surface area contributed by atoms with Gasteiger partial charge in [0.1, 0.15) is 12.3 Å². The molecule has 1 aliphatic rings. The molecule has 0 aliphatic carbocycles. The highest BCUT2D eigenvalue weighted by Gasteiger charge is 2.36. The quantitative estimate of drug-likeness (QED) is 0.531. The van der Waals surface area contributed by atoms with E-state index < -0.39 is 29.5 Å². The SMILES string of the molecule is COc1ccc(NC(=O)CN2C(=O)S/C(=C/c3ccc(OCC(N)=O)c(OC)c3)C2=O)cc1. The molecule has 0 atom stereocenters. The molecule has 2 aromatic rings. The largest absolute Gasteiger partial charge is 0.497 e. The van der Waals surface area contributed by atoms with Crippen molar-refractivity contribution in [1.29, 1.82) is 0 Å². The lowest BCUT2D eigenvalue weighted by molar-refractivity contribution is -0.127. The Bertz CT molecular complexity index is 1120. The Kier molecular flexibility index (Phi) is 7.57. The van der Waals surface area contributed by atoms with Crippen molar-refractivity contribution in [2.24, 2.45) is 5.73 Å². The van der Waals surface area contributed by atoms with Crippen LogP contribution in [0.4, 0.5) is 10.5 Å². The average Bonchev–Trinajstić information content (AvgIpc) is 3.05. The summed E-state index contributed by atoms with van der Waals surface area (Å²) in [6.45, 7) is -0.732. The number of imide groups is 1. The monoisotopic (exact) mass is 471 g/mol. The molecule has 3 rings (SSSR count). The first kappa shape index (κ1) is 23.7. The van der Waals surface area contributed by atoms with Crippen LogP contribution in [-0.4, -0.2) is 55.2 Å². The summed E-state index contributed by atoms with van der Waals surface area (Å²) in [5, 5.41) is 2.08. The average molecular weight is 471 g/mol. The molecule has 33 heavy (non-hydrogen) atoms. The van der Waals surface area contributed by atoms with Crippen molar-refractivity contribution >= 4 is 46.5 Å². The van der Waals surface area contributed by atoms with Crippen LogP contribution in [0, 0.1) is 0 Å². The molecule has 10 nitrogen and oxygen atoms in total. The van der Waals surface area contributed by atoms with Crippen LogP contribution in [0.2, 0.25) is 0 Å². The smallest absolute Gasteiger partial charge is 0.294 e. The molecule has 4 amide bonds. The van der Waals surface area contributed by atoms with Crippen molar-refractivity contribution < 1.29 is 33.4 Å². The fraction of sp³-hybridized carbons (Fsp3) is 0.182. The molecule has 1 heterocycles. The normalized spacial score (nSPS) is 14.4. The van der Waals surface area contributed by atoms with Gasteiger partial charge in [-0.2, -0.15) is 0 Å². The molecule has 0 spiro atoms. The molecular weight excluding hydrogens is 450 g/mol. The summed E-state index contributed by atoms with van der Waals surface area (Å²) < 4.78 is 15.6. The third kappa shape index (κ3) is 6.04. The van der Waals surface area contributed by atoms with E-state index in [1.807, 2.05) is 0 Å². The van der Waals surface area contributed by atoms with Gasteiger partial charge in [0.2, 0.25) is 5.91 Å². The fourth-order valence-electron chi connectivity index (χ4n) is 2.85. The van der Waals surface area contributed by atoms with E-state index in [-0.39, 0.29) is 11.5 Å². The van der Waals surface area contributed by atoms with Gasteiger partial charge in [0.15, 0.2) is 18.1 Å². The second-order valence-electron chi connectivity index (χ2n) is 6.71. The number of ether oxygens (including phenoxy) is 3. The van der Waals surface area contributed by atoms with E-state index in [4.69, 9.17) is 19.9 Å². The number of nitrogens with one attached hydrogen (secondary N) is 1. The first-order valence-electron chi connectivity index (χ1n) is 9.59. The third-order valence-electron chi connectivity index (χ3n) is 4.40. The Hall–Kier alpha value is -3.99. The topological polar surface area (TPSA) is 137 Å². The van der Waals surface area contributed by atoms with E-state index in [9.17, 15) is 19.2 Å². The number of amides is 4. The van der Waals surface area contributed by atoms with Crippen molar-refractivity contribution in [2.75, 3.05) is 32.7 Å². The van der Waals surface area contributed by atoms with Gasteiger partial charge < -0.3 is 25.3 Å². The molecule has 1 aliphatic heterocycles. The summed E-state index contributed by atoms with van der Waals surface area (Å²) in [7, 11) is 2.95. The van der Waals surface area contributed by atoms with Crippen molar-refractivity contribution in [2.45, 2.75) is 0 Å². The molecule has 0 bridgehead atoms. The number of primary amides is 1. The maximum Gasteiger partial charge on any atom is 0.294 e. The van der Waals surface area contributed by atoms with Gasteiger partial charge in [-0.1, -0.05) is 6.07 Å².